The fourth-order valence-electron chi connectivity index (χ4n) is 2.78. The molecular weight excluding hydrogens is 232 g/mol. The molecule has 0 saturated carbocycles. The van der Waals surface area contributed by atoms with Crippen LogP contribution < -0.4 is 0 Å². The Morgan fingerprint density at radius 2 is 1.68 bits per heavy atom. The molecule has 19 heavy (non-hydrogen) atoms. The molecule has 0 spiro atoms. The van der Waals surface area contributed by atoms with Crippen LogP contribution in [0.3, 0.4) is 0 Å². The summed E-state index contributed by atoms with van der Waals surface area (Å²) in [7, 11) is 0. The van der Waals surface area contributed by atoms with E-state index in [4.69, 9.17) is 4.74 Å². The van der Waals surface area contributed by atoms with E-state index < -0.39 is 0 Å². The van der Waals surface area contributed by atoms with Crippen molar-refractivity contribution >= 4 is 0 Å². The largest absolute Gasteiger partial charge is 0.372 e. The third-order valence-corrected chi connectivity index (χ3v) is 3.64. The molecule has 0 unspecified atom stereocenters. The number of rotatable bonds is 2. The van der Waals surface area contributed by atoms with Crippen LogP contribution in [0.15, 0.2) is 42.5 Å². The van der Waals surface area contributed by atoms with Crippen LogP contribution in [-0.2, 0) is 24.4 Å². The van der Waals surface area contributed by atoms with E-state index in [2.05, 4.69) is 56.3 Å². The zero-order valence-corrected chi connectivity index (χ0v) is 11.6. The Bertz CT molecular complexity index is 584. The van der Waals surface area contributed by atoms with Crippen LogP contribution in [-0.4, -0.2) is 0 Å². The average molecular weight is 252 g/mol. The van der Waals surface area contributed by atoms with Crippen molar-refractivity contribution < 1.29 is 4.74 Å². The first kappa shape index (κ1) is 12.4. The number of fused-ring (bicyclic) bond motifs is 3. The second kappa shape index (κ2) is 5.18. The van der Waals surface area contributed by atoms with E-state index >= 15 is 0 Å². The van der Waals surface area contributed by atoms with Crippen LogP contribution in [0, 0.1) is 5.92 Å². The number of benzene rings is 2. The van der Waals surface area contributed by atoms with E-state index in [1.54, 1.807) is 0 Å². The van der Waals surface area contributed by atoms with E-state index in [9.17, 15) is 0 Å². The van der Waals surface area contributed by atoms with Gasteiger partial charge in [0.15, 0.2) is 0 Å². The first-order valence-electron chi connectivity index (χ1n) is 7.02. The topological polar surface area (TPSA) is 9.23 Å². The van der Waals surface area contributed by atoms with E-state index in [1.807, 2.05) is 0 Å². The first-order valence-corrected chi connectivity index (χ1v) is 7.02. The molecule has 0 saturated heterocycles. The van der Waals surface area contributed by atoms with Crippen molar-refractivity contribution in [3.63, 3.8) is 0 Å². The molecule has 0 aliphatic carbocycles. The van der Waals surface area contributed by atoms with Gasteiger partial charge in [0.2, 0.25) is 0 Å². The van der Waals surface area contributed by atoms with Crippen LogP contribution in [0.2, 0.25) is 0 Å². The average Bonchev–Trinajstić information content (AvgIpc) is 2.57. The van der Waals surface area contributed by atoms with Gasteiger partial charge in [-0.1, -0.05) is 56.3 Å². The maximum atomic E-state index is 5.77. The SMILES string of the molecule is CC(C)Cc1ccc2c(c1)-c1ccccc1COC2. The van der Waals surface area contributed by atoms with Crippen molar-refractivity contribution in [1.82, 2.24) is 0 Å². The van der Waals surface area contributed by atoms with Crippen LogP contribution >= 0.6 is 0 Å². The molecule has 2 aromatic carbocycles. The minimum atomic E-state index is 0.690. The Balaban J connectivity index is 2.10. The van der Waals surface area contributed by atoms with Gasteiger partial charge in [0, 0.05) is 0 Å². The molecule has 0 fully saturated rings. The van der Waals surface area contributed by atoms with E-state index in [0.717, 1.165) is 6.42 Å². The summed E-state index contributed by atoms with van der Waals surface area (Å²) in [6.07, 6.45) is 1.14. The lowest BCUT2D eigenvalue weighted by Gasteiger charge is -2.12. The zero-order valence-electron chi connectivity index (χ0n) is 11.6. The van der Waals surface area contributed by atoms with Crippen molar-refractivity contribution in [2.75, 3.05) is 0 Å². The molecule has 1 aliphatic heterocycles. The second-order valence-corrected chi connectivity index (χ2v) is 5.74. The van der Waals surface area contributed by atoms with Gasteiger partial charge in [0.1, 0.15) is 0 Å². The molecule has 1 heteroatoms. The molecule has 3 rings (SSSR count). The highest BCUT2D eigenvalue weighted by Crippen LogP contribution is 2.32. The molecule has 2 aromatic rings. The molecule has 0 bridgehead atoms. The summed E-state index contributed by atoms with van der Waals surface area (Å²) in [5.41, 5.74) is 6.71. The van der Waals surface area contributed by atoms with Gasteiger partial charge in [-0.15, -0.1) is 0 Å². The Hall–Kier alpha value is -1.60. The summed E-state index contributed by atoms with van der Waals surface area (Å²) >= 11 is 0. The van der Waals surface area contributed by atoms with Gasteiger partial charge in [-0.2, -0.15) is 0 Å². The molecule has 0 atom stereocenters. The first-order chi connectivity index (χ1) is 9.24. The van der Waals surface area contributed by atoms with Gasteiger partial charge >= 0.3 is 0 Å². The predicted molar refractivity (Wildman–Crippen MR) is 78.9 cm³/mol. The van der Waals surface area contributed by atoms with Gasteiger partial charge in [-0.25, -0.2) is 0 Å². The van der Waals surface area contributed by atoms with Gasteiger partial charge in [0.05, 0.1) is 13.2 Å². The smallest absolute Gasteiger partial charge is 0.0727 e. The van der Waals surface area contributed by atoms with Gasteiger partial charge in [0.25, 0.3) is 0 Å². The summed E-state index contributed by atoms with van der Waals surface area (Å²) in [6.45, 7) is 5.96. The normalized spacial score (nSPS) is 13.8. The van der Waals surface area contributed by atoms with Crippen molar-refractivity contribution in [1.29, 1.82) is 0 Å². The monoisotopic (exact) mass is 252 g/mol. The Kier molecular flexibility index (Phi) is 3.39. The van der Waals surface area contributed by atoms with E-state index in [-0.39, 0.29) is 0 Å². The second-order valence-electron chi connectivity index (χ2n) is 5.74. The Labute approximate surface area is 115 Å². The molecule has 1 nitrogen and oxygen atoms in total. The van der Waals surface area contributed by atoms with Crippen molar-refractivity contribution in [2.45, 2.75) is 33.5 Å². The fraction of sp³-hybridized carbons (Fsp3) is 0.333. The summed E-state index contributed by atoms with van der Waals surface area (Å²) < 4.78 is 5.77. The van der Waals surface area contributed by atoms with Crippen molar-refractivity contribution in [3.8, 4) is 11.1 Å². The molecule has 1 heterocycles. The number of hydrogen-bond donors (Lipinski definition) is 0. The molecule has 1 aliphatic rings. The van der Waals surface area contributed by atoms with Crippen LogP contribution in [0.25, 0.3) is 11.1 Å². The quantitative estimate of drug-likeness (QED) is 0.760. The highest BCUT2D eigenvalue weighted by atomic mass is 16.5. The highest BCUT2D eigenvalue weighted by Gasteiger charge is 2.14. The van der Waals surface area contributed by atoms with Crippen LogP contribution in [0.1, 0.15) is 30.5 Å². The van der Waals surface area contributed by atoms with Crippen molar-refractivity contribution in [2.24, 2.45) is 5.92 Å². The number of ether oxygens (including phenoxy) is 1. The minimum Gasteiger partial charge on any atom is -0.372 e. The lowest BCUT2D eigenvalue weighted by atomic mass is 9.92. The van der Waals surface area contributed by atoms with Gasteiger partial charge in [-0.05, 0) is 40.2 Å². The van der Waals surface area contributed by atoms with E-state index in [0.29, 0.717) is 19.1 Å². The summed E-state index contributed by atoms with van der Waals surface area (Å²) in [4.78, 5) is 0. The molecule has 0 amide bonds. The standard InChI is InChI=1S/C18H20O/c1-13(2)9-14-7-8-16-12-19-11-15-5-3-4-6-17(15)18(16)10-14/h3-8,10,13H,9,11-12H2,1-2H3. The zero-order chi connectivity index (χ0) is 13.2. The maximum absolute atomic E-state index is 5.77. The molecule has 0 aromatic heterocycles. The highest BCUT2D eigenvalue weighted by molar-refractivity contribution is 5.71. The maximum Gasteiger partial charge on any atom is 0.0727 e. The lowest BCUT2D eigenvalue weighted by molar-refractivity contribution is 0.110. The molecule has 0 radical (unpaired) electrons. The third-order valence-electron chi connectivity index (χ3n) is 3.64. The van der Waals surface area contributed by atoms with Crippen LogP contribution in [0.5, 0.6) is 0 Å². The Morgan fingerprint density at radius 3 is 2.47 bits per heavy atom. The Morgan fingerprint density at radius 1 is 0.947 bits per heavy atom. The predicted octanol–water partition coefficient (Wildman–Crippen LogP) is 4.58. The van der Waals surface area contributed by atoms with Crippen molar-refractivity contribution in [3.05, 3.63) is 59.2 Å². The summed E-state index contributed by atoms with van der Waals surface area (Å²) in [5.74, 6) is 0.690. The fourth-order valence-corrected chi connectivity index (χ4v) is 2.78. The summed E-state index contributed by atoms with van der Waals surface area (Å²) in [5, 5.41) is 0. The third kappa shape index (κ3) is 2.57. The van der Waals surface area contributed by atoms with Crippen LogP contribution in [0.4, 0.5) is 0 Å². The molecule has 0 N–H and O–H groups in total. The lowest BCUT2D eigenvalue weighted by Crippen LogP contribution is -1.96. The molecular formula is C18H20O. The summed E-state index contributed by atoms with van der Waals surface area (Å²) in [6, 6.07) is 15.4. The molecule has 98 valence electrons. The minimum absolute atomic E-state index is 0.690. The van der Waals surface area contributed by atoms with Gasteiger partial charge < -0.3 is 4.74 Å². The van der Waals surface area contributed by atoms with E-state index in [1.165, 1.54) is 27.8 Å². The number of hydrogen-bond acceptors (Lipinski definition) is 1. The van der Waals surface area contributed by atoms with Gasteiger partial charge in [-0.3, -0.25) is 0 Å².